The molecule has 0 saturated heterocycles. The lowest BCUT2D eigenvalue weighted by atomic mass is 10.3. The van der Waals surface area contributed by atoms with Gasteiger partial charge in [0.1, 0.15) is 6.00 Å². The summed E-state index contributed by atoms with van der Waals surface area (Å²) in [5.41, 5.74) is -0.0777. The zero-order chi connectivity index (χ0) is 12.4. The Hall–Kier alpha value is -1.40. The fourth-order valence-corrected chi connectivity index (χ4v) is 2.01. The van der Waals surface area contributed by atoms with Crippen molar-refractivity contribution in [1.82, 2.24) is 9.31 Å². The van der Waals surface area contributed by atoms with E-state index in [0.29, 0.717) is 5.69 Å². The number of nitrogens with zero attached hydrogens (tertiary/aromatic N) is 2. The van der Waals surface area contributed by atoms with Crippen LogP contribution in [0, 0.1) is 0 Å². The highest BCUT2D eigenvalue weighted by Gasteiger charge is 2.12. The maximum Gasteiger partial charge on any atom is 0.444 e. The summed E-state index contributed by atoms with van der Waals surface area (Å²) in [5, 5.41) is 0. The molecule has 0 aliphatic carbocycles. The number of benzene rings is 1. The lowest BCUT2D eigenvalue weighted by molar-refractivity contribution is 0.312. The van der Waals surface area contributed by atoms with E-state index in [2.05, 4.69) is 0 Å². The van der Waals surface area contributed by atoms with Crippen molar-refractivity contribution in [2.24, 2.45) is 0 Å². The smallest absolute Gasteiger partial charge is 0.312 e. The number of hydrogen-bond donors (Lipinski definition) is 0. The van der Waals surface area contributed by atoms with E-state index in [1.807, 2.05) is 12.3 Å². The Labute approximate surface area is 106 Å². The third kappa shape index (κ3) is 2.18. The Morgan fingerprint density at radius 2 is 2.18 bits per heavy atom. The van der Waals surface area contributed by atoms with Crippen molar-refractivity contribution in [3.05, 3.63) is 45.3 Å². The lowest BCUT2D eigenvalue weighted by Gasteiger charge is -2.00. The number of rotatable bonds is 3. The molecule has 90 valence electrons. The summed E-state index contributed by atoms with van der Waals surface area (Å²) in [6.07, 6.45) is 1.92. The minimum absolute atomic E-state index is 0.226. The van der Waals surface area contributed by atoms with Gasteiger partial charge in [-0.3, -0.25) is 0 Å². The minimum atomic E-state index is -0.764. The van der Waals surface area contributed by atoms with E-state index in [-0.39, 0.29) is 6.00 Å². The molecule has 0 N–H and O–H groups in total. The zero-order valence-corrected chi connectivity index (χ0v) is 10.5. The lowest BCUT2D eigenvalue weighted by Crippen LogP contribution is -2.26. The molecule has 0 saturated carbocycles. The molecule has 0 spiro atoms. The molecule has 17 heavy (non-hydrogen) atoms. The molecule has 2 rings (SSSR count). The number of halogens is 1. The molecule has 0 bridgehead atoms. The molecule has 5 nitrogen and oxygen atoms in total. The van der Waals surface area contributed by atoms with Gasteiger partial charge in [-0.2, -0.15) is 0 Å². The number of alkyl halides is 1. The maximum absolute atomic E-state index is 11.8. The van der Waals surface area contributed by atoms with Crippen molar-refractivity contribution >= 4 is 23.4 Å². The van der Waals surface area contributed by atoms with Gasteiger partial charge in [0.2, 0.25) is 0 Å². The normalized spacial score (nSPS) is 10.7. The van der Waals surface area contributed by atoms with Crippen molar-refractivity contribution in [2.45, 2.75) is 10.9 Å². The standard InChI is InChI=1S/C10H9ClN2O3S/c1-17-8-4-2-3-7(5-8)13-9(14)12(6-11)10(15)16-13/h2-5H,6H2,1H3. The molecule has 1 heterocycles. The molecule has 0 unspecified atom stereocenters. The predicted octanol–water partition coefficient (Wildman–Crippen LogP) is 1.51. The van der Waals surface area contributed by atoms with Crippen LogP contribution in [-0.4, -0.2) is 15.6 Å². The Bertz CT molecular complexity index is 643. The largest absolute Gasteiger partial charge is 0.444 e. The maximum atomic E-state index is 11.8. The average Bonchev–Trinajstić information content (AvgIpc) is 2.64. The molecule has 0 fully saturated rings. The minimum Gasteiger partial charge on any atom is -0.312 e. The van der Waals surface area contributed by atoms with Crippen LogP contribution in [0.25, 0.3) is 5.69 Å². The van der Waals surface area contributed by atoms with Gasteiger partial charge in [0, 0.05) is 4.90 Å². The van der Waals surface area contributed by atoms with E-state index in [1.165, 1.54) is 11.8 Å². The van der Waals surface area contributed by atoms with Crippen LogP contribution >= 0.6 is 23.4 Å². The van der Waals surface area contributed by atoms with Gasteiger partial charge < -0.3 is 4.52 Å². The SMILES string of the molecule is CSc1cccc(-n2oc(=O)n(CCl)c2=O)c1. The van der Waals surface area contributed by atoms with Gasteiger partial charge in [-0.05, 0) is 24.5 Å². The fraction of sp³-hybridized carbons (Fsp3) is 0.200. The molecule has 7 heteroatoms. The van der Waals surface area contributed by atoms with Crippen LogP contribution in [0.2, 0.25) is 0 Å². The monoisotopic (exact) mass is 272 g/mol. The molecule has 0 aliphatic heterocycles. The second-order valence-corrected chi connectivity index (χ2v) is 4.30. The van der Waals surface area contributed by atoms with Gasteiger partial charge in [0.05, 0.1) is 5.69 Å². The van der Waals surface area contributed by atoms with E-state index in [1.54, 1.807) is 18.2 Å². The molecule has 0 amide bonds. The fourth-order valence-electron chi connectivity index (χ4n) is 1.35. The topological polar surface area (TPSA) is 57.1 Å². The van der Waals surface area contributed by atoms with Gasteiger partial charge in [0.15, 0.2) is 0 Å². The van der Waals surface area contributed by atoms with E-state index in [4.69, 9.17) is 16.1 Å². The van der Waals surface area contributed by atoms with Gasteiger partial charge in [-0.25, -0.2) is 14.2 Å². The molecule has 1 aromatic heterocycles. The van der Waals surface area contributed by atoms with Crippen LogP contribution in [0.5, 0.6) is 0 Å². The van der Waals surface area contributed by atoms with Crippen molar-refractivity contribution in [3.63, 3.8) is 0 Å². The summed E-state index contributed by atoms with van der Waals surface area (Å²) < 4.78 is 6.59. The van der Waals surface area contributed by atoms with Crippen LogP contribution in [0.4, 0.5) is 0 Å². The molecule has 1 aromatic carbocycles. The first-order valence-corrected chi connectivity index (χ1v) is 6.47. The Morgan fingerprint density at radius 3 is 2.76 bits per heavy atom. The summed E-state index contributed by atoms with van der Waals surface area (Å²) in [5.74, 6) is -0.764. The Kier molecular flexibility index (Phi) is 3.44. The van der Waals surface area contributed by atoms with Gasteiger partial charge >= 0.3 is 11.4 Å². The zero-order valence-electron chi connectivity index (χ0n) is 8.92. The van der Waals surface area contributed by atoms with Crippen LogP contribution < -0.4 is 11.4 Å². The van der Waals surface area contributed by atoms with E-state index < -0.39 is 11.4 Å². The highest BCUT2D eigenvalue weighted by Crippen LogP contribution is 2.17. The number of thioether (sulfide) groups is 1. The molecular formula is C10H9ClN2O3S. The number of hydrogen-bond acceptors (Lipinski definition) is 4. The number of aromatic nitrogens is 2. The highest BCUT2D eigenvalue weighted by molar-refractivity contribution is 7.98. The van der Waals surface area contributed by atoms with Gasteiger partial charge in [0.25, 0.3) is 0 Å². The van der Waals surface area contributed by atoms with Crippen molar-refractivity contribution in [3.8, 4) is 5.69 Å². The summed E-state index contributed by atoms with van der Waals surface area (Å²) in [6.45, 7) is 0. The van der Waals surface area contributed by atoms with Crippen molar-refractivity contribution < 1.29 is 4.52 Å². The third-order valence-electron chi connectivity index (χ3n) is 2.20. The molecular weight excluding hydrogens is 264 g/mol. The molecule has 0 radical (unpaired) electrons. The van der Waals surface area contributed by atoms with Crippen LogP contribution in [0.1, 0.15) is 0 Å². The average molecular weight is 273 g/mol. The summed E-state index contributed by atoms with van der Waals surface area (Å²) in [7, 11) is 0. The quantitative estimate of drug-likeness (QED) is 0.628. The van der Waals surface area contributed by atoms with E-state index in [0.717, 1.165) is 14.2 Å². The third-order valence-corrected chi connectivity index (χ3v) is 3.17. The summed E-state index contributed by atoms with van der Waals surface area (Å²) >= 11 is 7.01. The van der Waals surface area contributed by atoms with Gasteiger partial charge in [-0.1, -0.05) is 6.07 Å². The first-order chi connectivity index (χ1) is 8.17. The second-order valence-electron chi connectivity index (χ2n) is 3.18. The summed E-state index contributed by atoms with van der Waals surface area (Å²) in [4.78, 5) is 24.0. The second kappa shape index (κ2) is 4.85. The first kappa shape index (κ1) is 12.1. The van der Waals surface area contributed by atoms with E-state index >= 15 is 0 Å². The summed E-state index contributed by atoms with van der Waals surface area (Å²) in [6, 6.07) is 6.90. The molecule has 2 aromatic rings. The van der Waals surface area contributed by atoms with Crippen LogP contribution in [0.3, 0.4) is 0 Å². The Balaban J connectivity index is 2.61. The van der Waals surface area contributed by atoms with Crippen molar-refractivity contribution in [1.29, 1.82) is 0 Å². The molecule has 0 atom stereocenters. The van der Waals surface area contributed by atoms with Crippen molar-refractivity contribution in [2.75, 3.05) is 6.26 Å². The van der Waals surface area contributed by atoms with E-state index in [9.17, 15) is 9.59 Å². The predicted molar refractivity (Wildman–Crippen MR) is 66.2 cm³/mol. The Morgan fingerprint density at radius 1 is 1.41 bits per heavy atom. The molecule has 0 aliphatic rings. The van der Waals surface area contributed by atoms with Crippen LogP contribution in [-0.2, 0) is 6.00 Å². The highest BCUT2D eigenvalue weighted by atomic mass is 35.5. The first-order valence-electron chi connectivity index (χ1n) is 4.71. The van der Waals surface area contributed by atoms with Crippen LogP contribution in [0.15, 0.2) is 43.3 Å². The van der Waals surface area contributed by atoms with Gasteiger partial charge in [-0.15, -0.1) is 28.1 Å².